The lowest BCUT2D eigenvalue weighted by molar-refractivity contribution is 0.361. The van der Waals surface area contributed by atoms with Crippen molar-refractivity contribution < 1.29 is 14.4 Å². The topological polar surface area (TPSA) is 95.3 Å². The number of aromatic nitrogens is 2. The van der Waals surface area contributed by atoms with Crippen LogP contribution in [0.5, 0.6) is 0 Å². The van der Waals surface area contributed by atoms with Gasteiger partial charge in [-0.1, -0.05) is 60.2 Å². The number of rotatable bonds is 6. The Kier molecular flexibility index (Phi) is 5.48. The second kappa shape index (κ2) is 8.05. The van der Waals surface area contributed by atoms with Crippen LogP contribution >= 0.6 is 18.9 Å². The smallest absolute Gasteiger partial charge is 0.347 e. The van der Waals surface area contributed by atoms with Gasteiger partial charge in [0.05, 0.1) is 5.39 Å². The Hall–Kier alpha value is -2.57. The minimum atomic E-state index is -4.41. The highest BCUT2D eigenvalue weighted by Gasteiger charge is 2.30. The first kappa shape index (κ1) is 19.7. The maximum absolute atomic E-state index is 12.1. The first-order valence-electron chi connectivity index (χ1n) is 9.07. The van der Waals surface area contributed by atoms with Crippen LogP contribution in [0.1, 0.15) is 11.1 Å². The number of thiophene rings is 1. The van der Waals surface area contributed by atoms with E-state index in [0.717, 1.165) is 26.2 Å². The van der Waals surface area contributed by atoms with Gasteiger partial charge in [-0.15, -0.1) is 11.3 Å². The highest BCUT2D eigenvalue weighted by molar-refractivity contribution is 7.52. The molecule has 0 aliphatic rings. The maximum Gasteiger partial charge on any atom is 0.347 e. The van der Waals surface area contributed by atoms with Crippen molar-refractivity contribution >= 4 is 35.0 Å². The third-order valence-corrected chi connectivity index (χ3v) is 6.86. The lowest BCUT2D eigenvalue weighted by Gasteiger charge is -2.20. The molecule has 0 saturated carbocycles. The van der Waals surface area contributed by atoms with E-state index < -0.39 is 13.4 Å². The highest BCUT2D eigenvalue weighted by atomic mass is 32.1. The molecule has 0 bridgehead atoms. The van der Waals surface area contributed by atoms with Gasteiger partial charge in [-0.05, 0) is 24.1 Å². The molecule has 3 N–H and O–H groups in total. The molecule has 6 nitrogen and oxygen atoms in total. The molecule has 0 aliphatic heterocycles. The van der Waals surface area contributed by atoms with Crippen molar-refractivity contribution in [2.75, 3.05) is 5.32 Å². The molecule has 29 heavy (non-hydrogen) atoms. The van der Waals surface area contributed by atoms with Crippen LogP contribution in [0.15, 0.2) is 67.0 Å². The van der Waals surface area contributed by atoms with Gasteiger partial charge >= 0.3 is 7.60 Å². The van der Waals surface area contributed by atoms with Crippen LogP contribution in [-0.2, 0) is 11.0 Å². The van der Waals surface area contributed by atoms with E-state index >= 15 is 0 Å². The standard InChI is InChI=1S/C21H20N3O3PS/c1-14-7-9-16(10-8-14)18-12-17-20(22-13-23-21(17)29-18)24-19(28(25,26)27)11-15-5-3-2-4-6-15/h2-10,12-13,19H,11H2,1H3,(H,22,23,24)(H2,25,26,27)/t19-/m1/s1. The van der Waals surface area contributed by atoms with E-state index in [0.29, 0.717) is 5.82 Å². The highest BCUT2D eigenvalue weighted by Crippen LogP contribution is 2.44. The minimum Gasteiger partial charge on any atom is -0.355 e. The third kappa shape index (κ3) is 4.54. The molecule has 0 aliphatic carbocycles. The number of benzene rings is 2. The van der Waals surface area contributed by atoms with E-state index in [1.165, 1.54) is 23.2 Å². The van der Waals surface area contributed by atoms with Crippen LogP contribution < -0.4 is 5.32 Å². The first-order valence-corrected chi connectivity index (χ1v) is 11.6. The van der Waals surface area contributed by atoms with Crippen LogP contribution in [0, 0.1) is 6.92 Å². The number of nitrogens with zero attached hydrogens (tertiary/aromatic N) is 2. The second-order valence-electron chi connectivity index (χ2n) is 6.86. The van der Waals surface area contributed by atoms with E-state index in [-0.39, 0.29) is 6.42 Å². The molecule has 2 aromatic heterocycles. The number of anilines is 1. The molecular formula is C21H20N3O3PS. The molecule has 1 atom stereocenters. The Labute approximate surface area is 172 Å². The number of aryl methyl sites for hydroxylation is 1. The van der Waals surface area contributed by atoms with Crippen LogP contribution in [-0.4, -0.2) is 25.5 Å². The van der Waals surface area contributed by atoms with Gasteiger partial charge < -0.3 is 15.1 Å². The van der Waals surface area contributed by atoms with E-state index in [4.69, 9.17) is 0 Å². The molecule has 2 aromatic carbocycles. The van der Waals surface area contributed by atoms with Crippen LogP contribution in [0.2, 0.25) is 0 Å². The summed E-state index contributed by atoms with van der Waals surface area (Å²) in [5, 5.41) is 3.73. The molecule has 4 rings (SSSR count). The van der Waals surface area contributed by atoms with Gasteiger partial charge in [-0.3, -0.25) is 4.57 Å². The molecule has 4 aromatic rings. The summed E-state index contributed by atoms with van der Waals surface area (Å²) in [6.45, 7) is 2.04. The zero-order valence-corrected chi connectivity index (χ0v) is 17.4. The summed E-state index contributed by atoms with van der Waals surface area (Å²) in [5.74, 6) is -0.653. The van der Waals surface area contributed by atoms with Gasteiger partial charge in [0.25, 0.3) is 0 Å². The van der Waals surface area contributed by atoms with Crippen molar-refractivity contribution in [3.05, 3.63) is 78.1 Å². The average Bonchev–Trinajstić information content (AvgIpc) is 3.13. The Balaban J connectivity index is 1.68. The van der Waals surface area contributed by atoms with Crippen LogP contribution in [0.4, 0.5) is 5.82 Å². The fraction of sp³-hybridized carbons (Fsp3) is 0.143. The molecule has 0 amide bonds. The summed E-state index contributed by atoms with van der Waals surface area (Å²) in [6, 6.07) is 19.4. The molecule has 8 heteroatoms. The first-order chi connectivity index (χ1) is 13.9. The van der Waals surface area contributed by atoms with E-state index in [2.05, 4.69) is 27.4 Å². The fourth-order valence-corrected chi connectivity index (χ4v) is 4.82. The van der Waals surface area contributed by atoms with Crippen molar-refractivity contribution in [1.29, 1.82) is 0 Å². The molecule has 0 unspecified atom stereocenters. The van der Waals surface area contributed by atoms with Crippen LogP contribution in [0.25, 0.3) is 20.7 Å². The molecular weight excluding hydrogens is 405 g/mol. The van der Waals surface area contributed by atoms with Gasteiger partial charge in [-0.25, -0.2) is 9.97 Å². The Morgan fingerprint density at radius 2 is 1.79 bits per heavy atom. The maximum atomic E-state index is 12.1. The predicted octanol–water partition coefficient (Wildman–Crippen LogP) is 4.83. The number of fused-ring (bicyclic) bond motifs is 1. The Morgan fingerprint density at radius 3 is 2.48 bits per heavy atom. The summed E-state index contributed by atoms with van der Waals surface area (Å²) < 4.78 is 12.1. The summed E-state index contributed by atoms with van der Waals surface area (Å²) in [6.07, 6.45) is 1.60. The summed E-state index contributed by atoms with van der Waals surface area (Å²) in [4.78, 5) is 30.2. The van der Waals surface area contributed by atoms with Crippen molar-refractivity contribution in [3.8, 4) is 10.4 Å². The zero-order chi connectivity index (χ0) is 20.4. The summed E-state index contributed by atoms with van der Waals surface area (Å²) >= 11 is 1.52. The number of nitrogens with one attached hydrogen (secondary N) is 1. The number of hydrogen-bond donors (Lipinski definition) is 3. The van der Waals surface area contributed by atoms with Gasteiger partial charge in [0.15, 0.2) is 0 Å². The molecule has 148 valence electrons. The average molecular weight is 425 g/mol. The molecule has 2 heterocycles. The Bertz CT molecular complexity index is 1170. The normalized spacial score (nSPS) is 12.8. The fourth-order valence-electron chi connectivity index (χ4n) is 3.08. The SMILES string of the molecule is Cc1ccc(-c2cc3c(N[C@@H](Cc4ccccc4)P(=O)(O)O)ncnc3s2)cc1. The molecule has 0 saturated heterocycles. The van der Waals surface area contributed by atoms with Crippen molar-refractivity contribution in [3.63, 3.8) is 0 Å². The largest absolute Gasteiger partial charge is 0.355 e. The van der Waals surface area contributed by atoms with Gasteiger partial charge in [0, 0.05) is 11.3 Å². The summed E-state index contributed by atoms with van der Waals surface area (Å²) in [5.41, 5.74) is 3.09. The molecule has 0 radical (unpaired) electrons. The van der Waals surface area contributed by atoms with Crippen molar-refractivity contribution in [1.82, 2.24) is 9.97 Å². The quantitative estimate of drug-likeness (QED) is 0.383. The van der Waals surface area contributed by atoms with Gasteiger partial charge in [0.1, 0.15) is 22.8 Å². The second-order valence-corrected chi connectivity index (χ2v) is 9.69. The monoisotopic (exact) mass is 425 g/mol. The van der Waals surface area contributed by atoms with E-state index in [9.17, 15) is 14.4 Å². The van der Waals surface area contributed by atoms with Gasteiger partial charge in [0.2, 0.25) is 0 Å². The van der Waals surface area contributed by atoms with E-state index in [1.807, 2.05) is 55.5 Å². The zero-order valence-electron chi connectivity index (χ0n) is 15.7. The minimum absolute atomic E-state index is 0.186. The third-order valence-electron chi connectivity index (χ3n) is 4.65. The lowest BCUT2D eigenvalue weighted by Crippen LogP contribution is -2.23. The lowest BCUT2D eigenvalue weighted by atomic mass is 10.1. The van der Waals surface area contributed by atoms with Crippen molar-refractivity contribution in [2.24, 2.45) is 0 Å². The van der Waals surface area contributed by atoms with Gasteiger partial charge in [-0.2, -0.15) is 0 Å². The van der Waals surface area contributed by atoms with Crippen molar-refractivity contribution in [2.45, 2.75) is 19.1 Å². The van der Waals surface area contributed by atoms with Crippen LogP contribution in [0.3, 0.4) is 0 Å². The summed E-state index contributed by atoms with van der Waals surface area (Å²) in [7, 11) is -4.41. The molecule has 0 spiro atoms. The number of hydrogen-bond acceptors (Lipinski definition) is 5. The molecule has 0 fully saturated rings. The Morgan fingerprint density at radius 1 is 1.07 bits per heavy atom. The van der Waals surface area contributed by atoms with E-state index in [1.54, 1.807) is 0 Å². The predicted molar refractivity (Wildman–Crippen MR) is 117 cm³/mol.